The highest BCUT2D eigenvalue weighted by atomic mass is 35.5. The topological polar surface area (TPSA) is 72.2 Å². The molecule has 2 rings (SSSR count). The van der Waals surface area contributed by atoms with E-state index in [1.165, 1.54) is 6.07 Å². The molecule has 0 aromatic heterocycles. The fourth-order valence-corrected chi connectivity index (χ4v) is 4.02. The minimum Gasteiger partial charge on any atom is -0.396 e. The van der Waals surface area contributed by atoms with Gasteiger partial charge in [-0.2, -0.15) is 0 Å². The Morgan fingerprint density at radius 2 is 2.10 bits per heavy atom. The van der Waals surface area contributed by atoms with Gasteiger partial charge in [0.1, 0.15) is 4.90 Å². The van der Waals surface area contributed by atoms with Crippen LogP contribution in [-0.2, 0) is 10.0 Å². The number of nitrogens with two attached hydrogens (primary N) is 1. The van der Waals surface area contributed by atoms with Crippen molar-refractivity contribution in [1.82, 2.24) is 4.72 Å². The molecule has 1 aliphatic carbocycles. The number of nitrogens with one attached hydrogen (secondary N) is 1. The van der Waals surface area contributed by atoms with Gasteiger partial charge in [-0.1, -0.05) is 24.9 Å². The normalized spacial score (nSPS) is 17.8. The van der Waals surface area contributed by atoms with Gasteiger partial charge in [-0.3, -0.25) is 0 Å². The second-order valence-corrected chi connectivity index (χ2v) is 7.51. The third kappa shape index (κ3) is 2.92. The highest BCUT2D eigenvalue weighted by Crippen LogP contribution is 2.43. The maximum atomic E-state index is 13.9. The van der Waals surface area contributed by atoms with E-state index in [0.29, 0.717) is 6.54 Å². The molecule has 4 nitrogen and oxygen atoms in total. The van der Waals surface area contributed by atoms with E-state index < -0.39 is 20.7 Å². The lowest BCUT2D eigenvalue weighted by atomic mass is 9.67. The number of nitrogen functional groups attached to an aromatic ring is 1. The van der Waals surface area contributed by atoms with Crippen LogP contribution in [0.1, 0.15) is 32.6 Å². The van der Waals surface area contributed by atoms with Gasteiger partial charge >= 0.3 is 0 Å². The monoisotopic (exact) mass is 320 g/mol. The molecular formula is C13H18ClFN2O2S. The smallest absolute Gasteiger partial charge is 0.243 e. The number of benzene rings is 1. The lowest BCUT2D eigenvalue weighted by Crippen LogP contribution is -2.41. The fourth-order valence-electron chi connectivity index (χ4n) is 2.44. The first-order valence-corrected chi connectivity index (χ1v) is 8.40. The third-order valence-electron chi connectivity index (χ3n) is 4.12. The Morgan fingerprint density at radius 1 is 1.45 bits per heavy atom. The van der Waals surface area contributed by atoms with Gasteiger partial charge in [0.05, 0.1) is 5.69 Å². The number of sulfonamides is 1. The summed E-state index contributed by atoms with van der Waals surface area (Å²) in [5.41, 5.74) is 5.15. The van der Waals surface area contributed by atoms with E-state index in [9.17, 15) is 12.8 Å². The van der Waals surface area contributed by atoms with Crippen LogP contribution in [0.4, 0.5) is 10.1 Å². The Morgan fingerprint density at radius 3 is 2.60 bits per heavy atom. The van der Waals surface area contributed by atoms with Crippen molar-refractivity contribution in [3.63, 3.8) is 0 Å². The molecule has 0 aliphatic heterocycles. The molecule has 0 heterocycles. The second-order valence-electron chi connectivity index (χ2n) is 5.34. The SMILES string of the molecule is CCC1(CNS(=O)(=O)c2cc(Cl)cc(N)c2F)CCC1. The Bertz CT molecular complexity index is 610. The molecule has 1 aliphatic rings. The highest BCUT2D eigenvalue weighted by molar-refractivity contribution is 7.89. The molecule has 1 fully saturated rings. The fraction of sp³-hybridized carbons (Fsp3) is 0.538. The number of hydrogen-bond donors (Lipinski definition) is 2. The zero-order valence-electron chi connectivity index (χ0n) is 11.2. The maximum absolute atomic E-state index is 13.9. The Hall–Kier alpha value is -0.850. The predicted molar refractivity (Wildman–Crippen MR) is 77.6 cm³/mol. The van der Waals surface area contributed by atoms with E-state index in [-0.39, 0.29) is 16.1 Å². The van der Waals surface area contributed by atoms with E-state index in [2.05, 4.69) is 4.72 Å². The summed E-state index contributed by atoms with van der Waals surface area (Å²) in [7, 11) is -3.94. The van der Waals surface area contributed by atoms with Crippen molar-refractivity contribution in [2.45, 2.75) is 37.5 Å². The first-order valence-electron chi connectivity index (χ1n) is 6.54. The van der Waals surface area contributed by atoms with E-state index >= 15 is 0 Å². The average Bonchev–Trinajstić information content (AvgIpc) is 2.32. The summed E-state index contributed by atoms with van der Waals surface area (Å²) in [5.74, 6) is -0.957. The summed E-state index contributed by atoms with van der Waals surface area (Å²) in [5, 5.41) is 0.0955. The number of hydrogen-bond acceptors (Lipinski definition) is 3. The highest BCUT2D eigenvalue weighted by Gasteiger charge is 2.36. The lowest BCUT2D eigenvalue weighted by molar-refractivity contribution is 0.133. The molecule has 0 unspecified atom stereocenters. The van der Waals surface area contributed by atoms with E-state index in [0.717, 1.165) is 31.7 Å². The van der Waals surface area contributed by atoms with Gasteiger partial charge in [0.2, 0.25) is 10.0 Å². The molecule has 0 bridgehead atoms. The number of halogens is 2. The predicted octanol–water partition coefficient (Wildman–Crippen LogP) is 2.92. The van der Waals surface area contributed by atoms with Crippen LogP contribution in [0.5, 0.6) is 0 Å². The van der Waals surface area contributed by atoms with Crippen LogP contribution in [0.2, 0.25) is 5.02 Å². The second kappa shape index (κ2) is 5.50. The third-order valence-corrected chi connectivity index (χ3v) is 5.74. The molecule has 0 atom stereocenters. The molecule has 0 radical (unpaired) electrons. The molecule has 0 spiro atoms. The van der Waals surface area contributed by atoms with E-state index in [4.69, 9.17) is 17.3 Å². The first kappa shape index (κ1) is 15.5. The summed E-state index contributed by atoms with van der Waals surface area (Å²) >= 11 is 5.75. The van der Waals surface area contributed by atoms with Gasteiger partial charge in [-0.25, -0.2) is 17.5 Å². The molecule has 7 heteroatoms. The van der Waals surface area contributed by atoms with E-state index in [1.807, 2.05) is 6.92 Å². The molecule has 112 valence electrons. The molecule has 1 aromatic carbocycles. The van der Waals surface area contributed by atoms with Crippen LogP contribution in [0.15, 0.2) is 17.0 Å². The zero-order chi connectivity index (χ0) is 15.0. The standard InChI is InChI=1S/C13H18ClFN2O2S/c1-2-13(4-3-5-13)8-17-20(18,19)11-7-9(14)6-10(16)12(11)15/h6-7,17H,2-5,8,16H2,1H3. The van der Waals surface area contributed by atoms with Crippen molar-refractivity contribution < 1.29 is 12.8 Å². The van der Waals surface area contributed by atoms with Gasteiger partial charge < -0.3 is 5.73 Å². The molecule has 20 heavy (non-hydrogen) atoms. The van der Waals surface area contributed by atoms with Gasteiger partial charge in [-0.15, -0.1) is 0 Å². The maximum Gasteiger partial charge on any atom is 0.243 e. The van der Waals surface area contributed by atoms with Gasteiger partial charge in [0, 0.05) is 11.6 Å². The van der Waals surface area contributed by atoms with Crippen LogP contribution in [0, 0.1) is 11.2 Å². The number of anilines is 1. The molecule has 1 saturated carbocycles. The van der Waals surface area contributed by atoms with E-state index in [1.54, 1.807) is 0 Å². The van der Waals surface area contributed by atoms with Gasteiger partial charge in [0.25, 0.3) is 0 Å². The molecule has 1 aromatic rings. The lowest BCUT2D eigenvalue weighted by Gasteiger charge is -2.41. The Balaban J connectivity index is 2.23. The molecular weight excluding hydrogens is 303 g/mol. The first-order chi connectivity index (χ1) is 9.30. The van der Waals surface area contributed by atoms with Crippen LogP contribution < -0.4 is 10.5 Å². The van der Waals surface area contributed by atoms with Crippen molar-refractivity contribution in [3.05, 3.63) is 23.0 Å². The summed E-state index contributed by atoms with van der Waals surface area (Å²) in [6.45, 7) is 2.35. The largest absolute Gasteiger partial charge is 0.396 e. The quantitative estimate of drug-likeness (QED) is 0.819. The van der Waals surface area contributed by atoms with Gasteiger partial charge in [-0.05, 0) is 36.8 Å². The summed E-state index contributed by atoms with van der Waals surface area (Å²) in [4.78, 5) is -0.493. The van der Waals surface area contributed by atoms with Crippen molar-refractivity contribution in [1.29, 1.82) is 0 Å². The average molecular weight is 321 g/mol. The van der Waals surface area contributed by atoms with Gasteiger partial charge in [0.15, 0.2) is 5.82 Å². The minimum absolute atomic E-state index is 0.00760. The molecule has 0 amide bonds. The number of rotatable bonds is 5. The zero-order valence-corrected chi connectivity index (χ0v) is 12.8. The molecule has 3 N–H and O–H groups in total. The van der Waals surface area contributed by atoms with Crippen molar-refractivity contribution in [3.8, 4) is 0 Å². The van der Waals surface area contributed by atoms with Crippen LogP contribution in [-0.4, -0.2) is 15.0 Å². The summed E-state index contributed by atoms with van der Waals surface area (Å²) in [6.07, 6.45) is 3.99. The summed E-state index contributed by atoms with van der Waals surface area (Å²) < 4.78 is 40.7. The minimum atomic E-state index is -3.94. The van der Waals surface area contributed by atoms with Crippen LogP contribution in [0.25, 0.3) is 0 Å². The van der Waals surface area contributed by atoms with Crippen molar-refractivity contribution in [2.24, 2.45) is 5.41 Å². The van der Waals surface area contributed by atoms with Crippen molar-refractivity contribution >= 4 is 27.3 Å². The Labute approximate surface area is 123 Å². The van der Waals surface area contributed by atoms with Crippen molar-refractivity contribution in [2.75, 3.05) is 12.3 Å². The summed E-state index contributed by atoms with van der Waals surface area (Å²) in [6, 6.07) is 2.27. The molecule has 0 saturated heterocycles. The van der Waals surface area contributed by atoms with Crippen LogP contribution in [0.3, 0.4) is 0 Å². The van der Waals surface area contributed by atoms with Crippen LogP contribution >= 0.6 is 11.6 Å². The Kier molecular flexibility index (Phi) is 4.27.